The van der Waals surface area contributed by atoms with Crippen molar-refractivity contribution < 1.29 is 27.9 Å². The van der Waals surface area contributed by atoms with Crippen molar-refractivity contribution in [1.29, 1.82) is 0 Å². The highest BCUT2D eigenvalue weighted by atomic mass is 19.4. The molecule has 4 rings (SSSR count). The Balaban J connectivity index is 1.80. The van der Waals surface area contributed by atoms with Crippen molar-refractivity contribution in [2.24, 2.45) is 0 Å². The van der Waals surface area contributed by atoms with Gasteiger partial charge in [0.15, 0.2) is 0 Å². The Morgan fingerprint density at radius 2 is 1.71 bits per heavy atom. The van der Waals surface area contributed by atoms with Gasteiger partial charge in [-0.2, -0.15) is 13.2 Å². The van der Waals surface area contributed by atoms with Gasteiger partial charge >= 0.3 is 12.1 Å². The minimum Gasteiger partial charge on any atom is -0.480 e. The van der Waals surface area contributed by atoms with Gasteiger partial charge < -0.3 is 15.0 Å². The van der Waals surface area contributed by atoms with Gasteiger partial charge in [-0.05, 0) is 42.3 Å². The molecule has 0 spiro atoms. The molecule has 0 fully saturated rings. The van der Waals surface area contributed by atoms with Crippen molar-refractivity contribution in [2.45, 2.75) is 19.6 Å². The number of carboxylic acid groups (broad SMARTS) is 1. The summed E-state index contributed by atoms with van der Waals surface area (Å²) < 4.78 is 39.5. The van der Waals surface area contributed by atoms with E-state index < -0.39 is 30.2 Å². The number of carbonyl (C=O) groups is 2. The van der Waals surface area contributed by atoms with Crippen LogP contribution in [0.4, 0.5) is 13.2 Å². The number of carboxylic acids is 1. The van der Waals surface area contributed by atoms with E-state index in [1.807, 2.05) is 55.5 Å². The third kappa shape index (κ3) is 4.80. The summed E-state index contributed by atoms with van der Waals surface area (Å²) in [6, 6.07) is 19.4. The molecule has 0 aliphatic carbocycles. The predicted molar refractivity (Wildman–Crippen MR) is 122 cm³/mol. The van der Waals surface area contributed by atoms with Gasteiger partial charge in [-0.15, -0.1) is 0 Å². The predicted octanol–water partition coefficient (Wildman–Crippen LogP) is 5.89. The second-order valence-corrected chi connectivity index (χ2v) is 8.04. The number of halogens is 3. The van der Waals surface area contributed by atoms with E-state index in [2.05, 4.69) is 4.98 Å². The van der Waals surface area contributed by atoms with Crippen molar-refractivity contribution in [1.82, 2.24) is 9.88 Å². The molecule has 0 aliphatic heterocycles. The molecule has 0 radical (unpaired) electrons. The number of fused-ring (bicyclic) bond motifs is 1. The summed E-state index contributed by atoms with van der Waals surface area (Å²) in [6.07, 6.45) is -4.55. The number of amides is 1. The number of H-pyrrole nitrogens is 1. The zero-order chi connectivity index (χ0) is 24.5. The smallest absolute Gasteiger partial charge is 0.416 e. The maximum Gasteiger partial charge on any atom is 0.416 e. The lowest BCUT2D eigenvalue weighted by molar-refractivity contribution is -0.139. The van der Waals surface area contributed by atoms with Crippen molar-refractivity contribution in [3.05, 3.63) is 95.2 Å². The van der Waals surface area contributed by atoms with Gasteiger partial charge in [-0.3, -0.25) is 9.59 Å². The van der Waals surface area contributed by atoms with E-state index in [-0.39, 0.29) is 17.8 Å². The van der Waals surface area contributed by atoms with Gasteiger partial charge in [0, 0.05) is 23.0 Å². The van der Waals surface area contributed by atoms with Gasteiger partial charge in [0.2, 0.25) is 0 Å². The summed E-state index contributed by atoms with van der Waals surface area (Å²) in [6.45, 7) is 0.961. The molecule has 0 saturated carbocycles. The minimum atomic E-state index is -4.55. The number of aromatic nitrogens is 1. The molecule has 1 aromatic heterocycles. The first-order valence-corrected chi connectivity index (χ1v) is 10.5. The zero-order valence-corrected chi connectivity index (χ0v) is 18.2. The molecule has 0 saturated heterocycles. The number of aliphatic carboxylic acids is 1. The number of hydrogen-bond donors (Lipinski definition) is 2. The number of nitrogens with one attached hydrogen (secondary N) is 1. The first-order chi connectivity index (χ1) is 16.1. The highest BCUT2D eigenvalue weighted by Crippen LogP contribution is 2.34. The molecule has 8 heteroatoms. The van der Waals surface area contributed by atoms with Gasteiger partial charge in [0.05, 0.1) is 5.56 Å². The second-order valence-electron chi connectivity index (χ2n) is 8.04. The van der Waals surface area contributed by atoms with Crippen molar-refractivity contribution >= 4 is 22.8 Å². The van der Waals surface area contributed by atoms with Gasteiger partial charge in [-0.25, -0.2) is 0 Å². The number of hydrogen-bond acceptors (Lipinski definition) is 2. The molecule has 5 nitrogen and oxygen atoms in total. The van der Waals surface area contributed by atoms with Crippen molar-refractivity contribution in [3.63, 3.8) is 0 Å². The van der Waals surface area contributed by atoms with Crippen LogP contribution in [0.2, 0.25) is 0 Å². The minimum absolute atomic E-state index is 0.178. The highest BCUT2D eigenvalue weighted by molar-refractivity contribution is 6.10. The third-order valence-electron chi connectivity index (χ3n) is 5.47. The van der Waals surface area contributed by atoms with E-state index in [9.17, 15) is 27.9 Å². The summed E-state index contributed by atoms with van der Waals surface area (Å²) in [4.78, 5) is 29.3. The highest BCUT2D eigenvalue weighted by Gasteiger charge is 2.31. The first kappa shape index (κ1) is 23.1. The Morgan fingerprint density at radius 1 is 0.971 bits per heavy atom. The fraction of sp³-hybridized carbons (Fsp3) is 0.154. The zero-order valence-electron chi connectivity index (χ0n) is 18.2. The Kier molecular flexibility index (Phi) is 6.15. The molecule has 1 amide bonds. The van der Waals surface area contributed by atoms with E-state index in [1.165, 1.54) is 12.1 Å². The summed E-state index contributed by atoms with van der Waals surface area (Å²) in [5.74, 6) is -1.89. The van der Waals surface area contributed by atoms with Gasteiger partial charge in [-0.1, -0.05) is 54.1 Å². The van der Waals surface area contributed by atoms with Crippen LogP contribution < -0.4 is 0 Å². The van der Waals surface area contributed by atoms with E-state index in [4.69, 9.17) is 0 Å². The number of alkyl halides is 3. The Morgan fingerprint density at radius 3 is 2.38 bits per heavy atom. The molecule has 174 valence electrons. The third-order valence-corrected chi connectivity index (χ3v) is 5.47. The molecule has 2 N–H and O–H groups in total. The van der Waals surface area contributed by atoms with Crippen LogP contribution >= 0.6 is 0 Å². The topological polar surface area (TPSA) is 73.4 Å². The fourth-order valence-electron chi connectivity index (χ4n) is 3.96. The number of carbonyl (C=O) groups excluding carboxylic acids is 1. The van der Waals surface area contributed by atoms with Gasteiger partial charge in [0.25, 0.3) is 5.91 Å². The Hall–Kier alpha value is -4.07. The maximum atomic E-state index is 13.6. The van der Waals surface area contributed by atoms with E-state index in [0.717, 1.165) is 33.5 Å². The lowest BCUT2D eigenvalue weighted by atomic mass is 10.00. The van der Waals surface area contributed by atoms with Crippen molar-refractivity contribution in [3.8, 4) is 11.1 Å². The number of aryl methyl sites for hydroxylation is 1. The van der Waals surface area contributed by atoms with E-state index >= 15 is 0 Å². The van der Waals surface area contributed by atoms with Crippen LogP contribution in [-0.4, -0.2) is 33.4 Å². The van der Waals surface area contributed by atoms with Crippen LogP contribution in [0, 0.1) is 6.92 Å². The molecule has 4 aromatic rings. The molecular formula is C26H21F3N2O3. The normalized spacial score (nSPS) is 11.5. The van der Waals surface area contributed by atoms with Crippen LogP contribution in [0.3, 0.4) is 0 Å². The molecular weight excluding hydrogens is 445 g/mol. The van der Waals surface area contributed by atoms with E-state index in [0.29, 0.717) is 11.1 Å². The van der Waals surface area contributed by atoms with Gasteiger partial charge in [0.1, 0.15) is 12.2 Å². The maximum absolute atomic E-state index is 13.6. The molecule has 0 atom stereocenters. The first-order valence-electron chi connectivity index (χ1n) is 10.5. The van der Waals surface area contributed by atoms with Crippen LogP contribution in [0.5, 0.6) is 0 Å². The van der Waals surface area contributed by atoms with Crippen LogP contribution in [0.15, 0.2) is 72.8 Å². The molecule has 1 heterocycles. The summed E-state index contributed by atoms with van der Waals surface area (Å²) in [5, 5.41) is 10.2. The largest absolute Gasteiger partial charge is 0.480 e. The summed E-state index contributed by atoms with van der Waals surface area (Å²) >= 11 is 0. The SMILES string of the molecule is Cc1ccc2[nH]c(C(=O)N(CC(=O)O)Cc3cccc(C(F)(F)F)c3)c(-c3ccccc3)c2c1. The molecule has 3 aromatic carbocycles. The molecule has 0 aliphatic rings. The summed E-state index contributed by atoms with van der Waals surface area (Å²) in [5.41, 5.74) is 2.55. The lowest BCUT2D eigenvalue weighted by Gasteiger charge is -2.21. The average Bonchev–Trinajstić information content (AvgIpc) is 3.16. The Labute approximate surface area is 193 Å². The van der Waals surface area contributed by atoms with Crippen LogP contribution in [-0.2, 0) is 17.5 Å². The number of rotatable bonds is 6. The van der Waals surface area contributed by atoms with Crippen LogP contribution in [0.25, 0.3) is 22.0 Å². The quantitative estimate of drug-likeness (QED) is 0.372. The monoisotopic (exact) mass is 466 g/mol. The molecule has 0 unspecified atom stereocenters. The lowest BCUT2D eigenvalue weighted by Crippen LogP contribution is -2.35. The van der Waals surface area contributed by atoms with Crippen LogP contribution in [0.1, 0.15) is 27.2 Å². The standard InChI is InChI=1S/C26H21F3N2O3/c1-16-10-11-21-20(12-16)23(18-7-3-2-4-8-18)24(30-21)25(34)31(15-22(32)33)14-17-6-5-9-19(13-17)26(27,28)29/h2-13,30H,14-15H2,1H3,(H,32,33). The number of aromatic amines is 1. The Bertz CT molecular complexity index is 1360. The number of nitrogens with zero attached hydrogens (tertiary/aromatic N) is 1. The fourth-order valence-corrected chi connectivity index (χ4v) is 3.96. The number of benzene rings is 3. The summed E-state index contributed by atoms with van der Waals surface area (Å²) in [7, 11) is 0. The molecule has 0 bridgehead atoms. The second kappa shape index (κ2) is 9.05. The van der Waals surface area contributed by atoms with Crippen molar-refractivity contribution in [2.75, 3.05) is 6.54 Å². The van der Waals surface area contributed by atoms with E-state index in [1.54, 1.807) is 0 Å². The average molecular weight is 466 g/mol. The molecule has 34 heavy (non-hydrogen) atoms.